The molecule has 6 heteroatoms. The largest absolute Gasteiger partial charge is 0.344 e. The van der Waals surface area contributed by atoms with Gasteiger partial charge in [-0.2, -0.15) is 0 Å². The maximum atomic E-state index is 7.83. The molecule has 1 fully saturated rings. The molecule has 0 radical (unpaired) electrons. The van der Waals surface area contributed by atoms with E-state index in [-0.39, 0.29) is 6.15 Å². The zero-order valence-electron chi connectivity index (χ0n) is 2.83. The molecule has 1 heterocycles. The van der Waals surface area contributed by atoms with Gasteiger partial charge in [0.2, 0.25) is 0 Å². The average molecular weight is 115 g/mol. The smallest absolute Gasteiger partial charge is 0.278 e. The Bertz CT molecular complexity index is 45.5. The lowest BCUT2D eigenvalue weighted by atomic mass is 14.0. The molecule has 0 aromatic carbocycles. The SMILES string of the molecule is N.OS1(O)OO1. The van der Waals surface area contributed by atoms with Gasteiger partial charge in [-0.1, -0.05) is 8.67 Å². The van der Waals surface area contributed by atoms with E-state index in [0.29, 0.717) is 0 Å². The van der Waals surface area contributed by atoms with Crippen LogP contribution in [-0.4, -0.2) is 9.11 Å². The quantitative estimate of drug-likeness (QED) is 0.318. The van der Waals surface area contributed by atoms with Crippen LogP contribution >= 0.6 is 11.2 Å². The Morgan fingerprint density at radius 2 is 1.33 bits per heavy atom. The summed E-state index contributed by atoms with van der Waals surface area (Å²) in [4.78, 5) is 0. The lowest BCUT2D eigenvalue weighted by Crippen LogP contribution is -1.63. The molecule has 1 saturated heterocycles. The van der Waals surface area contributed by atoms with Crippen LogP contribution in [0.4, 0.5) is 0 Å². The van der Waals surface area contributed by atoms with Crippen LogP contribution in [0.2, 0.25) is 0 Å². The van der Waals surface area contributed by atoms with Crippen LogP contribution in [0.25, 0.3) is 0 Å². The summed E-state index contributed by atoms with van der Waals surface area (Å²) in [6, 6.07) is 0. The van der Waals surface area contributed by atoms with Crippen LogP contribution in [0.1, 0.15) is 0 Å². The van der Waals surface area contributed by atoms with Gasteiger partial charge in [-0.3, -0.25) is 9.11 Å². The fourth-order valence-electron chi connectivity index (χ4n) is 0.0248. The van der Waals surface area contributed by atoms with E-state index >= 15 is 0 Å². The van der Waals surface area contributed by atoms with Crippen molar-refractivity contribution >= 4 is 11.2 Å². The van der Waals surface area contributed by atoms with E-state index in [1.807, 2.05) is 0 Å². The zero-order valence-corrected chi connectivity index (χ0v) is 3.64. The minimum absolute atomic E-state index is 0. The Hall–Kier alpha value is 0.150. The van der Waals surface area contributed by atoms with E-state index < -0.39 is 11.2 Å². The summed E-state index contributed by atoms with van der Waals surface area (Å²) in [6.07, 6.45) is 0. The molecule has 0 aromatic heterocycles. The molecule has 0 bridgehead atoms. The molecular weight excluding hydrogens is 110 g/mol. The maximum Gasteiger partial charge on any atom is 0.278 e. The van der Waals surface area contributed by atoms with Gasteiger partial charge in [0, 0.05) is 0 Å². The zero-order chi connectivity index (χ0) is 3.91. The average Bonchev–Trinajstić information content (AvgIpc) is 1.76. The van der Waals surface area contributed by atoms with Crippen molar-refractivity contribution in [2.45, 2.75) is 0 Å². The molecule has 0 aliphatic carbocycles. The van der Waals surface area contributed by atoms with E-state index in [0.717, 1.165) is 0 Å². The van der Waals surface area contributed by atoms with Crippen LogP contribution in [-0.2, 0) is 8.67 Å². The van der Waals surface area contributed by atoms with Crippen molar-refractivity contribution in [3.63, 3.8) is 0 Å². The van der Waals surface area contributed by atoms with E-state index in [1.165, 1.54) is 0 Å². The second-order valence-electron chi connectivity index (χ2n) is 0.584. The molecule has 1 aliphatic rings. The van der Waals surface area contributed by atoms with Gasteiger partial charge in [0.15, 0.2) is 0 Å². The van der Waals surface area contributed by atoms with Crippen molar-refractivity contribution in [3.05, 3.63) is 0 Å². The van der Waals surface area contributed by atoms with Crippen molar-refractivity contribution in [1.29, 1.82) is 0 Å². The van der Waals surface area contributed by atoms with Crippen molar-refractivity contribution < 1.29 is 17.8 Å². The minimum atomic E-state index is -2.92. The highest BCUT2D eigenvalue weighted by Gasteiger charge is 2.39. The van der Waals surface area contributed by atoms with Crippen molar-refractivity contribution in [3.8, 4) is 0 Å². The molecule has 0 saturated carbocycles. The molecule has 0 atom stereocenters. The molecule has 1 rings (SSSR count). The summed E-state index contributed by atoms with van der Waals surface area (Å²) < 4.78 is 22.8. The van der Waals surface area contributed by atoms with Crippen LogP contribution < -0.4 is 6.15 Å². The molecular formula is H5NO4S. The van der Waals surface area contributed by atoms with Crippen LogP contribution in [0, 0.1) is 0 Å². The predicted molar refractivity (Wildman–Crippen MR) is 20.0 cm³/mol. The van der Waals surface area contributed by atoms with Gasteiger partial charge in [-0.05, 0) is 0 Å². The number of hydrogen-bond acceptors (Lipinski definition) is 5. The lowest BCUT2D eigenvalue weighted by Gasteiger charge is -1.79. The van der Waals surface area contributed by atoms with E-state index in [4.69, 9.17) is 9.11 Å². The Labute approximate surface area is 36.1 Å². The normalized spacial score (nSPS) is 30.3. The van der Waals surface area contributed by atoms with Crippen LogP contribution in [0.15, 0.2) is 0 Å². The van der Waals surface area contributed by atoms with Gasteiger partial charge >= 0.3 is 0 Å². The first-order valence-corrected chi connectivity index (χ1v) is 2.26. The number of rotatable bonds is 0. The number of hydrogen-bond donors (Lipinski definition) is 3. The van der Waals surface area contributed by atoms with E-state index in [9.17, 15) is 0 Å². The summed E-state index contributed by atoms with van der Waals surface area (Å²) in [5.41, 5.74) is 0. The molecule has 0 amide bonds. The first-order valence-electron chi connectivity index (χ1n) is 0.865. The van der Waals surface area contributed by atoms with Gasteiger partial charge < -0.3 is 6.15 Å². The maximum absolute atomic E-state index is 7.83. The van der Waals surface area contributed by atoms with Gasteiger partial charge in [-0.25, -0.2) is 0 Å². The molecule has 0 spiro atoms. The highest BCUT2D eigenvalue weighted by molar-refractivity contribution is 8.19. The summed E-state index contributed by atoms with van der Waals surface area (Å²) in [6.45, 7) is 0. The first kappa shape index (κ1) is 6.15. The molecule has 1 aliphatic heterocycles. The second kappa shape index (κ2) is 1.34. The Balaban J connectivity index is 0.000000250. The standard InChI is InChI=1S/H3N.H2O4S/c;1-5(2)3-4-5/h1H3;1-2H. The summed E-state index contributed by atoms with van der Waals surface area (Å²) >= 11 is -2.92. The second-order valence-corrected chi connectivity index (χ2v) is 1.75. The predicted octanol–water partition coefficient (Wildman–Crippen LogP) is 0.691. The third-order valence-electron chi connectivity index (χ3n) is 0.190. The fourth-order valence-corrected chi connectivity index (χ4v) is 0.224. The van der Waals surface area contributed by atoms with Crippen LogP contribution in [0.5, 0.6) is 0 Å². The third-order valence-corrected chi connectivity index (χ3v) is 0.569. The molecule has 6 heavy (non-hydrogen) atoms. The topological polar surface area (TPSA) is 101 Å². The van der Waals surface area contributed by atoms with Gasteiger partial charge in [0.1, 0.15) is 0 Å². The van der Waals surface area contributed by atoms with E-state index in [2.05, 4.69) is 8.67 Å². The molecule has 40 valence electrons. The summed E-state index contributed by atoms with van der Waals surface area (Å²) in [5.74, 6) is 0. The van der Waals surface area contributed by atoms with E-state index in [1.54, 1.807) is 0 Å². The van der Waals surface area contributed by atoms with Crippen molar-refractivity contribution in [1.82, 2.24) is 6.15 Å². The van der Waals surface area contributed by atoms with Crippen LogP contribution in [0.3, 0.4) is 0 Å². The fraction of sp³-hybridized carbons (Fsp3) is 0. The van der Waals surface area contributed by atoms with Gasteiger partial charge in [0.25, 0.3) is 11.2 Å². The summed E-state index contributed by atoms with van der Waals surface area (Å²) in [5, 5.41) is 0. The third kappa shape index (κ3) is 1.55. The highest BCUT2D eigenvalue weighted by atomic mass is 32.3. The molecule has 5 nitrogen and oxygen atoms in total. The highest BCUT2D eigenvalue weighted by Crippen LogP contribution is 2.57. The van der Waals surface area contributed by atoms with Crippen molar-refractivity contribution in [2.75, 3.05) is 0 Å². The van der Waals surface area contributed by atoms with Gasteiger partial charge in [0.05, 0.1) is 0 Å². The Kier molecular flexibility index (Phi) is 1.37. The molecule has 5 N–H and O–H groups in total. The lowest BCUT2D eigenvalue weighted by molar-refractivity contribution is 0.0850. The monoisotopic (exact) mass is 115 g/mol. The summed E-state index contributed by atoms with van der Waals surface area (Å²) in [7, 11) is 0. The van der Waals surface area contributed by atoms with Crippen molar-refractivity contribution in [2.24, 2.45) is 0 Å². The molecule has 0 unspecified atom stereocenters. The Morgan fingerprint density at radius 3 is 1.33 bits per heavy atom. The first-order chi connectivity index (χ1) is 2.21. The van der Waals surface area contributed by atoms with Gasteiger partial charge in [-0.15, -0.1) is 0 Å². The minimum Gasteiger partial charge on any atom is -0.344 e. The Morgan fingerprint density at radius 1 is 1.17 bits per heavy atom. The molecule has 0 aromatic rings.